The zero-order chi connectivity index (χ0) is 21.8. The fourth-order valence-electron chi connectivity index (χ4n) is 3.42. The molecule has 1 unspecified atom stereocenters. The molecule has 2 aromatic carbocycles. The summed E-state index contributed by atoms with van der Waals surface area (Å²) in [5.74, 6) is -0.423. The van der Waals surface area contributed by atoms with Gasteiger partial charge >= 0.3 is 11.9 Å². The lowest BCUT2D eigenvalue weighted by Crippen LogP contribution is -2.42. The van der Waals surface area contributed by atoms with Crippen LogP contribution in [0.25, 0.3) is 0 Å². The van der Waals surface area contributed by atoms with Gasteiger partial charge in [0.25, 0.3) is 0 Å². The smallest absolute Gasteiger partial charge is 0.323 e. The Morgan fingerprint density at radius 2 is 1.67 bits per heavy atom. The van der Waals surface area contributed by atoms with Crippen molar-refractivity contribution in [2.24, 2.45) is 11.1 Å². The van der Waals surface area contributed by atoms with Gasteiger partial charge in [-0.1, -0.05) is 48.5 Å². The second kappa shape index (κ2) is 12.0. The number of carbonyl (C=O) groups is 2. The minimum absolute atomic E-state index is 0.191. The molecule has 6 heteroatoms. The van der Waals surface area contributed by atoms with Crippen molar-refractivity contribution in [2.75, 3.05) is 20.3 Å². The summed E-state index contributed by atoms with van der Waals surface area (Å²) in [6.45, 7) is 2.71. The van der Waals surface area contributed by atoms with Crippen LogP contribution in [-0.2, 0) is 32.1 Å². The van der Waals surface area contributed by atoms with Crippen molar-refractivity contribution in [3.05, 3.63) is 65.7 Å². The minimum atomic E-state index is -1.38. The quantitative estimate of drug-likeness (QED) is 0.422. The Morgan fingerprint density at radius 1 is 0.967 bits per heavy atom. The second-order valence-corrected chi connectivity index (χ2v) is 7.07. The van der Waals surface area contributed by atoms with E-state index in [0.29, 0.717) is 26.0 Å². The minimum Gasteiger partial charge on any atom is -0.489 e. The van der Waals surface area contributed by atoms with Crippen molar-refractivity contribution in [3.63, 3.8) is 0 Å². The molecule has 0 saturated carbocycles. The highest BCUT2D eigenvalue weighted by Crippen LogP contribution is 2.35. The molecule has 6 nitrogen and oxygen atoms in total. The van der Waals surface area contributed by atoms with E-state index in [2.05, 4.69) is 0 Å². The number of esters is 2. The molecule has 0 amide bonds. The Balaban J connectivity index is 2.21. The van der Waals surface area contributed by atoms with Gasteiger partial charge < -0.3 is 19.9 Å². The summed E-state index contributed by atoms with van der Waals surface area (Å²) in [5.41, 5.74) is 6.25. The topological polar surface area (TPSA) is 87.9 Å². The standard InChI is InChI=1S/C24H31NO5/c1-3-29-23(27)24(15-9-17-25,22(26)28-2)16-14-20-12-7-8-13-21(20)30-18-19-10-5-4-6-11-19/h4-8,10-13H,3,9,14-18,25H2,1-2H3. The van der Waals surface area contributed by atoms with E-state index in [-0.39, 0.29) is 19.4 Å². The molecular weight excluding hydrogens is 382 g/mol. The number of rotatable bonds is 12. The van der Waals surface area contributed by atoms with Crippen LogP contribution in [0.2, 0.25) is 0 Å². The molecule has 30 heavy (non-hydrogen) atoms. The average Bonchev–Trinajstić information content (AvgIpc) is 2.79. The van der Waals surface area contributed by atoms with Crippen molar-refractivity contribution in [1.82, 2.24) is 0 Å². The van der Waals surface area contributed by atoms with Crippen molar-refractivity contribution >= 4 is 11.9 Å². The molecule has 0 aliphatic rings. The first-order valence-electron chi connectivity index (χ1n) is 10.3. The third-order valence-electron chi connectivity index (χ3n) is 5.08. The summed E-state index contributed by atoms with van der Waals surface area (Å²) >= 11 is 0. The van der Waals surface area contributed by atoms with Crippen molar-refractivity contribution in [2.45, 2.75) is 39.2 Å². The molecule has 0 saturated heterocycles. The van der Waals surface area contributed by atoms with E-state index in [9.17, 15) is 9.59 Å². The maximum Gasteiger partial charge on any atom is 0.323 e. The van der Waals surface area contributed by atoms with Crippen LogP contribution in [0, 0.1) is 5.41 Å². The van der Waals surface area contributed by atoms with Gasteiger partial charge in [0, 0.05) is 0 Å². The van der Waals surface area contributed by atoms with Crippen LogP contribution >= 0.6 is 0 Å². The number of benzene rings is 2. The van der Waals surface area contributed by atoms with Crippen molar-refractivity contribution in [3.8, 4) is 5.75 Å². The summed E-state index contributed by atoms with van der Waals surface area (Å²) in [6, 6.07) is 17.5. The van der Waals surface area contributed by atoms with Crippen LogP contribution in [-0.4, -0.2) is 32.2 Å². The molecule has 0 fully saturated rings. The Labute approximate surface area is 178 Å². The highest BCUT2D eigenvalue weighted by molar-refractivity contribution is 6.00. The van der Waals surface area contributed by atoms with Crippen molar-refractivity contribution < 1.29 is 23.8 Å². The molecule has 2 aromatic rings. The van der Waals surface area contributed by atoms with Gasteiger partial charge in [-0.05, 0) is 56.3 Å². The SMILES string of the molecule is CCOC(=O)C(CCCN)(CCc1ccccc1OCc1ccccc1)C(=O)OC. The first-order chi connectivity index (χ1) is 14.6. The maximum absolute atomic E-state index is 12.8. The van der Waals surface area contributed by atoms with Gasteiger partial charge in [-0.15, -0.1) is 0 Å². The Kier molecular flexibility index (Phi) is 9.35. The first-order valence-corrected chi connectivity index (χ1v) is 10.3. The summed E-state index contributed by atoms with van der Waals surface area (Å²) in [4.78, 5) is 25.5. The van der Waals surface area contributed by atoms with Gasteiger partial charge in [-0.3, -0.25) is 9.59 Å². The number of para-hydroxylation sites is 1. The van der Waals surface area contributed by atoms with Crippen LogP contribution in [0.1, 0.15) is 37.3 Å². The molecule has 0 aromatic heterocycles. The molecule has 0 aliphatic carbocycles. The Hall–Kier alpha value is -2.86. The lowest BCUT2D eigenvalue weighted by atomic mass is 9.77. The Bertz CT molecular complexity index is 808. The zero-order valence-electron chi connectivity index (χ0n) is 17.8. The van der Waals surface area contributed by atoms with Crippen LogP contribution in [0.4, 0.5) is 0 Å². The summed E-state index contributed by atoms with van der Waals surface area (Å²) in [5, 5.41) is 0. The van der Waals surface area contributed by atoms with Gasteiger partial charge in [0.15, 0.2) is 5.41 Å². The summed E-state index contributed by atoms with van der Waals surface area (Å²) in [7, 11) is 1.29. The number of nitrogens with two attached hydrogens (primary N) is 1. The fourth-order valence-corrected chi connectivity index (χ4v) is 3.42. The molecule has 0 aliphatic heterocycles. The fraction of sp³-hybridized carbons (Fsp3) is 0.417. The predicted molar refractivity (Wildman–Crippen MR) is 115 cm³/mol. The average molecular weight is 414 g/mol. The van der Waals surface area contributed by atoms with Crippen LogP contribution in [0.3, 0.4) is 0 Å². The van der Waals surface area contributed by atoms with Gasteiger partial charge in [-0.25, -0.2) is 0 Å². The molecule has 2 N–H and O–H groups in total. The third kappa shape index (κ3) is 6.07. The Morgan fingerprint density at radius 3 is 2.33 bits per heavy atom. The third-order valence-corrected chi connectivity index (χ3v) is 5.08. The normalized spacial score (nSPS) is 12.6. The van der Waals surface area contributed by atoms with E-state index in [4.69, 9.17) is 19.9 Å². The van der Waals surface area contributed by atoms with E-state index in [1.54, 1.807) is 6.92 Å². The van der Waals surface area contributed by atoms with E-state index in [1.165, 1.54) is 7.11 Å². The number of hydrogen-bond acceptors (Lipinski definition) is 6. The lowest BCUT2D eigenvalue weighted by Gasteiger charge is -2.29. The van der Waals surface area contributed by atoms with E-state index >= 15 is 0 Å². The molecule has 1 atom stereocenters. The number of methoxy groups -OCH3 is 1. The largest absolute Gasteiger partial charge is 0.489 e. The molecular formula is C24H31NO5. The molecule has 0 heterocycles. The molecule has 0 spiro atoms. The van der Waals surface area contributed by atoms with Gasteiger partial charge in [0.1, 0.15) is 12.4 Å². The van der Waals surface area contributed by atoms with E-state index < -0.39 is 17.4 Å². The van der Waals surface area contributed by atoms with Crippen LogP contribution in [0.15, 0.2) is 54.6 Å². The number of carbonyl (C=O) groups excluding carboxylic acids is 2. The van der Waals surface area contributed by atoms with Crippen LogP contribution < -0.4 is 10.5 Å². The summed E-state index contributed by atoms with van der Waals surface area (Å²) < 4.78 is 16.2. The highest BCUT2D eigenvalue weighted by Gasteiger charge is 2.47. The number of hydrogen-bond donors (Lipinski definition) is 1. The molecule has 162 valence electrons. The van der Waals surface area contributed by atoms with Crippen molar-refractivity contribution in [1.29, 1.82) is 0 Å². The van der Waals surface area contributed by atoms with E-state index in [1.807, 2.05) is 54.6 Å². The van der Waals surface area contributed by atoms with Crippen LogP contribution in [0.5, 0.6) is 5.75 Å². The van der Waals surface area contributed by atoms with E-state index in [0.717, 1.165) is 16.9 Å². The zero-order valence-corrected chi connectivity index (χ0v) is 17.8. The maximum atomic E-state index is 12.8. The predicted octanol–water partition coefficient (Wildman–Crippen LogP) is 3.66. The second-order valence-electron chi connectivity index (χ2n) is 7.07. The monoisotopic (exact) mass is 413 g/mol. The highest BCUT2D eigenvalue weighted by atomic mass is 16.6. The lowest BCUT2D eigenvalue weighted by molar-refractivity contribution is -0.172. The number of ether oxygens (including phenoxy) is 3. The van der Waals surface area contributed by atoms with Gasteiger partial charge in [0.2, 0.25) is 0 Å². The number of aryl methyl sites for hydroxylation is 1. The first kappa shape index (κ1) is 23.4. The summed E-state index contributed by atoms with van der Waals surface area (Å²) in [6.07, 6.45) is 1.51. The molecule has 0 bridgehead atoms. The van der Waals surface area contributed by atoms with Gasteiger partial charge in [-0.2, -0.15) is 0 Å². The molecule has 0 radical (unpaired) electrons. The van der Waals surface area contributed by atoms with Gasteiger partial charge in [0.05, 0.1) is 13.7 Å². The molecule has 2 rings (SSSR count).